The van der Waals surface area contributed by atoms with Crippen molar-refractivity contribution in [1.29, 1.82) is 0 Å². The monoisotopic (exact) mass is 242 g/mol. The number of nitrogens with zero attached hydrogens (tertiary/aromatic N) is 2. The topological polar surface area (TPSA) is 66.7 Å². The van der Waals surface area contributed by atoms with Crippen molar-refractivity contribution in [3.8, 4) is 0 Å². The molecule has 0 saturated heterocycles. The van der Waals surface area contributed by atoms with Gasteiger partial charge in [-0.3, -0.25) is 5.10 Å². The molecule has 0 atom stereocenters. The normalized spacial score (nSPS) is 11.2. The molecule has 0 aliphatic rings. The van der Waals surface area contributed by atoms with Gasteiger partial charge in [-0.15, -0.1) is 0 Å². The van der Waals surface area contributed by atoms with Crippen molar-refractivity contribution in [2.24, 2.45) is 0 Å². The zero-order valence-electron chi connectivity index (χ0n) is 10.1. The second-order valence-electron chi connectivity index (χ2n) is 4.27. The number of rotatable bonds is 4. The van der Waals surface area contributed by atoms with Crippen molar-refractivity contribution in [1.82, 2.24) is 20.7 Å². The summed E-state index contributed by atoms with van der Waals surface area (Å²) in [4.78, 5) is 0. The van der Waals surface area contributed by atoms with E-state index >= 15 is 0 Å². The molecule has 0 bridgehead atoms. The van der Waals surface area contributed by atoms with Gasteiger partial charge in [0.25, 0.3) is 0 Å². The number of hydrogen-bond acceptors (Lipinski definition) is 4. The molecule has 0 aliphatic carbocycles. The summed E-state index contributed by atoms with van der Waals surface area (Å²) in [5.41, 5.74) is 3.82. The number of fused-ring (bicyclic) bond motifs is 1. The Morgan fingerprint density at radius 2 is 2.17 bits per heavy atom. The Bertz CT molecular complexity index is 656. The molecule has 92 valence electrons. The summed E-state index contributed by atoms with van der Waals surface area (Å²) in [7, 11) is 0. The molecule has 0 amide bonds. The van der Waals surface area contributed by atoms with Gasteiger partial charge in [-0.05, 0) is 25.1 Å². The second kappa shape index (κ2) is 4.62. The second-order valence-corrected chi connectivity index (χ2v) is 4.27. The maximum atomic E-state index is 5.24. The molecule has 3 aromatic rings. The van der Waals surface area contributed by atoms with Crippen LogP contribution in [-0.2, 0) is 13.1 Å². The Balaban J connectivity index is 1.66. The summed E-state index contributed by atoms with van der Waals surface area (Å²) in [6, 6.07) is 9.88. The first-order valence-corrected chi connectivity index (χ1v) is 5.88. The molecule has 0 unspecified atom stereocenters. The number of nitrogens with one attached hydrogen (secondary N) is 2. The zero-order chi connectivity index (χ0) is 12.4. The third kappa shape index (κ3) is 2.12. The van der Waals surface area contributed by atoms with E-state index in [-0.39, 0.29) is 0 Å². The molecule has 3 rings (SSSR count). The molecule has 0 saturated carbocycles. The van der Waals surface area contributed by atoms with Crippen LogP contribution in [0.25, 0.3) is 11.0 Å². The van der Waals surface area contributed by atoms with Gasteiger partial charge in [0.2, 0.25) is 0 Å². The number of hydrogen-bond donors (Lipinski definition) is 2. The summed E-state index contributed by atoms with van der Waals surface area (Å²) in [5, 5.41) is 15.5. The van der Waals surface area contributed by atoms with E-state index in [2.05, 4.69) is 20.7 Å². The van der Waals surface area contributed by atoms with Crippen molar-refractivity contribution in [2.75, 3.05) is 0 Å². The van der Waals surface area contributed by atoms with Gasteiger partial charge in [0.1, 0.15) is 5.69 Å². The molecule has 2 N–H and O–H groups in total. The van der Waals surface area contributed by atoms with Gasteiger partial charge in [0.05, 0.1) is 5.69 Å². The number of aromatic nitrogens is 3. The highest BCUT2D eigenvalue weighted by atomic mass is 16.5. The van der Waals surface area contributed by atoms with Crippen LogP contribution in [0.2, 0.25) is 0 Å². The molecule has 5 nitrogen and oxygen atoms in total. The van der Waals surface area contributed by atoms with Crippen LogP contribution in [0.3, 0.4) is 0 Å². The number of aromatic amines is 1. The first kappa shape index (κ1) is 11.0. The van der Waals surface area contributed by atoms with E-state index in [1.807, 2.05) is 37.3 Å². The largest absolute Gasteiger partial charge is 0.356 e. The molecule has 18 heavy (non-hydrogen) atoms. The molecule has 2 aromatic heterocycles. The summed E-state index contributed by atoms with van der Waals surface area (Å²) in [5.74, 6) is 0. The molecule has 0 radical (unpaired) electrons. The van der Waals surface area contributed by atoms with E-state index < -0.39 is 0 Å². The third-order valence-electron chi connectivity index (χ3n) is 2.81. The lowest BCUT2D eigenvalue weighted by molar-refractivity contribution is 0.441. The van der Waals surface area contributed by atoms with Gasteiger partial charge in [0.15, 0.2) is 5.58 Å². The van der Waals surface area contributed by atoms with Crippen molar-refractivity contribution >= 4 is 11.0 Å². The van der Waals surface area contributed by atoms with E-state index in [1.54, 1.807) is 0 Å². The lowest BCUT2D eigenvalue weighted by Crippen LogP contribution is -2.13. The third-order valence-corrected chi connectivity index (χ3v) is 2.81. The number of benzene rings is 1. The lowest BCUT2D eigenvalue weighted by atomic mass is 10.2. The fourth-order valence-corrected chi connectivity index (χ4v) is 1.94. The quantitative estimate of drug-likeness (QED) is 0.735. The predicted molar refractivity (Wildman–Crippen MR) is 67.9 cm³/mol. The van der Waals surface area contributed by atoms with E-state index in [0.717, 1.165) is 28.1 Å². The Morgan fingerprint density at radius 3 is 3.00 bits per heavy atom. The molecule has 0 aliphatic heterocycles. The van der Waals surface area contributed by atoms with Gasteiger partial charge in [0, 0.05) is 24.2 Å². The summed E-state index contributed by atoms with van der Waals surface area (Å²) < 4.78 is 5.24. The van der Waals surface area contributed by atoms with Crippen LogP contribution >= 0.6 is 0 Å². The van der Waals surface area contributed by atoms with E-state index in [9.17, 15) is 0 Å². The van der Waals surface area contributed by atoms with Crippen LogP contribution < -0.4 is 5.32 Å². The average Bonchev–Trinajstić information content (AvgIpc) is 2.97. The SMILES string of the molecule is Cc1cc(CNCc2noc3ccccc23)n[nH]1. The minimum Gasteiger partial charge on any atom is -0.356 e. The highest BCUT2D eigenvalue weighted by Crippen LogP contribution is 2.17. The smallest absolute Gasteiger partial charge is 0.167 e. The molecular formula is C13H14N4O. The van der Waals surface area contributed by atoms with E-state index in [1.165, 1.54) is 0 Å². The molecule has 0 fully saturated rings. The first-order valence-electron chi connectivity index (χ1n) is 5.88. The van der Waals surface area contributed by atoms with Crippen LogP contribution in [0.4, 0.5) is 0 Å². The van der Waals surface area contributed by atoms with Crippen LogP contribution in [0.5, 0.6) is 0 Å². The van der Waals surface area contributed by atoms with Crippen molar-refractivity contribution < 1.29 is 4.52 Å². The molecule has 1 aromatic carbocycles. The first-order chi connectivity index (χ1) is 8.83. The molecular weight excluding hydrogens is 228 g/mol. The minimum absolute atomic E-state index is 0.670. The standard InChI is InChI=1S/C13H14N4O/c1-9-6-10(16-15-9)7-14-8-12-11-4-2-3-5-13(11)18-17-12/h2-6,14H,7-8H2,1H3,(H,15,16). The predicted octanol–water partition coefficient (Wildman–Crippen LogP) is 2.15. The molecule has 0 spiro atoms. The van der Waals surface area contributed by atoms with Crippen LogP contribution in [-0.4, -0.2) is 15.4 Å². The Hall–Kier alpha value is -2.14. The van der Waals surface area contributed by atoms with Gasteiger partial charge >= 0.3 is 0 Å². The Kier molecular flexibility index (Phi) is 2.82. The maximum Gasteiger partial charge on any atom is 0.167 e. The van der Waals surface area contributed by atoms with Gasteiger partial charge in [-0.2, -0.15) is 5.10 Å². The Labute approximate surface area is 104 Å². The maximum absolute atomic E-state index is 5.24. The molecule has 2 heterocycles. The Morgan fingerprint density at radius 1 is 1.28 bits per heavy atom. The lowest BCUT2D eigenvalue weighted by Gasteiger charge is -1.99. The molecule has 5 heteroatoms. The average molecular weight is 242 g/mol. The summed E-state index contributed by atoms with van der Waals surface area (Å²) in [6.07, 6.45) is 0. The zero-order valence-corrected chi connectivity index (χ0v) is 10.1. The summed E-state index contributed by atoms with van der Waals surface area (Å²) in [6.45, 7) is 3.37. The highest BCUT2D eigenvalue weighted by molar-refractivity contribution is 5.79. The van der Waals surface area contributed by atoms with E-state index in [4.69, 9.17) is 4.52 Å². The van der Waals surface area contributed by atoms with Crippen molar-refractivity contribution in [2.45, 2.75) is 20.0 Å². The van der Waals surface area contributed by atoms with Crippen LogP contribution in [0, 0.1) is 6.92 Å². The van der Waals surface area contributed by atoms with Crippen LogP contribution in [0.15, 0.2) is 34.9 Å². The summed E-state index contributed by atoms with van der Waals surface area (Å²) >= 11 is 0. The number of H-pyrrole nitrogens is 1. The fraction of sp³-hybridized carbons (Fsp3) is 0.231. The number of para-hydroxylation sites is 1. The highest BCUT2D eigenvalue weighted by Gasteiger charge is 2.06. The van der Waals surface area contributed by atoms with Gasteiger partial charge < -0.3 is 9.84 Å². The van der Waals surface area contributed by atoms with Gasteiger partial charge in [-0.1, -0.05) is 17.3 Å². The fourth-order valence-electron chi connectivity index (χ4n) is 1.94. The number of aryl methyl sites for hydroxylation is 1. The van der Waals surface area contributed by atoms with E-state index in [0.29, 0.717) is 13.1 Å². The van der Waals surface area contributed by atoms with Crippen molar-refractivity contribution in [3.63, 3.8) is 0 Å². The minimum atomic E-state index is 0.670. The van der Waals surface area contributed by atoms with Crippen molar-refractivity contribution in [3.05, 3.63) is 47.4 Å². The van der Waals surface area contributed by atoms with Gasteiger partial charge in [-0.25, -0.2) is 0 Å². The van der Waals surface area contributed by atoms with Crippen LogP contribution in [0.1, 0.15) is 17.1 Å².